The molecule has 0 radical (unpaired) electrons. The molecule has 2 aromatic rings. The van der Waals surface area contributed by atoms with Gasteiger partial charge in [-0.15, -0.1) is 10.2 Å². The van der Waals surface area contributed by atoms with Crippen molar-refractivity contribution in [3.63, 3.8) is 0 Å². The summed E-state index contributed by atoms with van der Waals surface area (Å²) >= 11 is 0. The number of nitrogens with zero attached hydrogens (tertiary/aromatic N) is 4. The topological polar surface area (TPSA) is 60.2 Å². The highest BCUT2D eigenvalue weighted by Crippen LogP contribution is 2.26. The van der Waals surface area contributed by atoms with Gasteiger partial charge in [0.2, 0.25) is 5.91 Å². The van der Waals surface area contributed by atoms with E-state index < -0.39 is 0 Å². The second kappa shape index (κ2) is 7.96. The van der Waals surface area contributed by atoms with Crippen LogP contribution in [-0.4, -0.2) is 45.8 Å². The summed E-state index contributed by atoms with van der Waals surface area (Å²) in [5.41, 5.74) is 0.957. The maximum atomic E-state index is 12.4. The third-order valence-corrected chi connectivity index (χ3v) is 4.67. The average Bonchev–Trinajstić information content (AvgIpc) is 3.15. The predicted octanol–water partition coefficient (Wildman–Crippen LogP) is 2.73. The Bertz CT molecular complexity index is 745. The SMILES string of the molecule is CCn1cnnc1C1CCN(C(=O)C=Cc2cccc(OC)c2)CC1. The molecule has 2 heterocycles. The standard InChI is InChI=1S/C19H24N4O2/c1-3-22-14-20-21-19(22)16-9-11-23(12-10-16)18(24)8-7-15-5-4-6-17(13-15)25-2/h4-8,13-14,16H,3,9-12H2,1-2H3. The Hall–Kier alpha value is -2.63. The predicted molar refractivity (Wildman–Crippen MR) is 96.3 cm³/mol. The maximum absolute atomic E-state index is 12.4. The molecule has 0 aliphatic carbocycles. The molecular formula is C19H24N4O2. The van der Waals surface area contributed by atoms with Crippen molar-refractivity contribution in [2.45, 2.75) is 32.2 Å². The minimum absolute atomic E-state index is 0.0539. The van der Waals surface area contributed by atoms with Crippen molar-refractivity contribution in [1.29, 1.82) is 0 Å². The van der Waals surface area contributed by atoms with Gasteiger partial charge in [0, 0.05) is 31.6 Å². The van der Waals surface area contributed by atoms with Crippen LogP contribution >= 0.6 is 0 Å². The van der Waals surface area contributed by atoms with Gasteiger partial charge in [-0.2, -0.15) is 0 Å². The van der Waals surface area contributed by atoms with Gasteiger partial charge in [-0.25, -0.2) is 0 Å². The van der Waals surface area contributed by atoms with Gasteiger partial charge in [0.1, 0.15) is 17.9 Å². The fourth-order valence-corrected chi connectivity index (χ4v) is 3.20. The van der Waals surface area contributed by atoms with E-state index in [0.717, 1.165) is 49.6 Å². The number of rotatable bonds is 5. The van der Waals surface area contributed by atoms with Crippen molar-refractivity contribution >= 4 is 12.0 Å². The summed E-state index contributed by atoms with van der Waals surface area (Å²) < 4.78 is 7.29. The molecule has 0 spiro atoms. The number of benzene rings is 1. The first-order chi connectivity index (χ1) is 12.2. The van der Waals surface area contributed by atoms with Crippen molar-refractivity contribution in [1.82, 2.24) is 19.7 Å². The van der Waals surface area contributed by atoms with Gasteiger partial charge >= 0.3 is 0 Å². The molecule has 0 bridgehead atoms. The number of hydrogen-bond acceptors (Lipinski definition) is 4. The minimum atomic E-state index is 0.0539. The number of amides is 1. The van der Waals surface area contributed by atoms with E-state index in [1.807, 2.05) is 35.2 Å². The van der Waals surface area contributed by atoms with Crippen LogP contribution in [0.2, 0.25) is 0 Å². The Morgan fingerprint density at radius 3 is 2.88 bits per heavy atom. The molecule has 1 saturated heterocycles. The van der Waals surface area contributed by atoms with Crippen LogP contribution in [0.1, 0.15) is 37.1 Å². The van der Waals surface area contributed by atoms with Gasteiger partial charge in [-0.3, -0.25) is 4.79 Å². The lowest BCUT2D eigenvalue weighted by Crippen LogP contribution is -2.37. The minimum Gasteiger partial charge on any atom is -0.497 e. The zero-order valence-electron chi connectivity index (χ0n) is 14.8. The fraction of sp³-hybridized carbons (Fsp3) is 0.421. The summed E-state index contributed by atoms with van der Waals surface area (Å²) in [6.07, 6.45) is 7.12. The lowest BCUT2D eigenvalue weighted by atomic mass is 9.96. The Labute approximate surface area is 148 Å². The fourth-order valence-electron chi connectivity index (χ4n) is 3.20. The molecule has 1 aromatic heterocycles. The highest BCUT2D eigenvalue weighted by molar-refractivity contribution is 5.91. The van der Waals surface area contributed by atoms with E-state index in [2.05, 4.69) is 21.7 Å². The van der Waals surface area contributed by atoms with Crippen LogP contribution in [0, 0.1) is 0 Å². The summed E-state index contributed by atoms with van der Waals surface area (Å²) in [6, 6.07) is 7.67. The quantitative estimate of drug-likeness (QED) is 0.785. The Balaban J connectivity index is 1.57. The normalized spacial score (nSPS) is 15.7. The van der Waals surface area contributed by atoms with E-state index in [0.29, 0.717) is 5.92 Å². The molecule has 25 heavy (non-hydrogen) atoms. The molecule has 0 N–H and O–H groups in total. The molecule has 1 fully saturated rings. The first-order valence-corrected chi connectivity index (χ1v) is 8.70. The number of likely N-dealkylation sites (tertiary alicyclic amines) is 1. The van der Waals surface area contributed by atoms with Gasteiger partial charge in [-0.1, -0.05) is 12.1 Å². The molecule has 0 atom stereocenters. The third-order valence-electron chi connectivity index (χ3n) is 4.67. The number of carbonyl (C=O) groups is 1. The number of piperidine rings is 1. The lowest BCUT2D eigenvalue weighted by Gasteiger charge is -2.30. The van der Waals surface area contributed by atoms with Crippen molar-refractivity contribution < 1.29 is 9.53 Å². The van der Waals surface area contributed by atoms with Crippen molar-refractivity contribution in [3.05, 3.63) is 48.1 Å². The van der Waals surface area contributed by atoms with Gasteiger partial charge in [-0.05, 0) is 43.5 Å². The zero-order valence-corrected chi connectivity index (χ0v) is 14.8. The molecule has 1 amide bonds. The van der Waals surface area contributed by atoms with Crippen LogP contribution in [-0.2, 0) is 11.3 Å². The summed E-state index contributed by atoms with van der Waals surface area (Å²) in [6.45, 7) is 4.48. The second-order valence-electron chi connectivity index (χ2n) is 6.18. The first-order valence-electron chi connectivity index (χ1n) is 8.70. The summed E-state index contributed by atoms with van der Waals surface area (Å²) in [7, 11) is 1.64. The van der Waals surface area contributed by atoms with Crippen LogP contribution in [0.5, 0.6) is 5.75 Å². The van der Waals surface area contributed by atoms with E-state index in [9.17, 15) is 4.79 Å². The summed E-state index contributed by atoms with van der Waals surface area (Å²) in [5.74, 6) is 2.27. The summed E-state index contributed by atoms with van der Waals surface area (Å²) in [5, 5.41) is 8.27. The van der Waals surface area contributed by atoms with Crippen molar-refractivity contribution in [2.24, 2.45) is 0 Å². The van der Waals surface area contributed by atoms with E-state index in [4.69, 9.17) is 4.74 Å². The lowest BCUT2D eigenvalue weighted by molar-refractivity contribution is -0.127. The third kappa shape index (κ3) is 4.07. The molecule has 3 rings (SSSR count). The zero-order chi connectivity index (χ0) is 17.6. The number of carbonyl (C=O) groups excluding carboxylic acids is 1. The number of ether oxygens (including phenoxy) is 1. The largest absolute Gasteiger partial charge is 0.497 e. The Morgan fingerprint density at radius 1 is 1.36 bits per heavy atom. The number of aryl methyl sites for hydroxylation is 1. The van der Waals surface area contributed by atoms with Crippen LogP contribution in [0.3, 0.4) is 0 Å². The van der Waals surface area contributed by atoms with Gasteiger partial charge < -0.3 is 14.2 Å². The van der Waals surface area contributed by atoms with E-state index in [1.54, 1.807) is 19.5 Å². The molecular weight excluding hydrogens is 316 g/mol. The van der Waals surface area contributed by atoms with Crippen LogP contribution in [0.4, 0.5) is 0 Å². The van der Waals surface area contributed by atoms with Crippen LogP contribution < -0.4 is 4.74 Å². The number of hydrogen-bond donors (Lipinski definition) is 0. The van der Waals surface area contributed by atoms with Gasteiger partial charge in [0.05, 0.1) is 7.11 Å². The van der Waals surface area contributed by atoms with Gasteiger partial charge in [0.15, 0.2) is 0 Å². The highest BCUT2D eigenvalue weighted by atomic mass is 16.5. The molecule has 6 heteroatoms. The first kappa shape index (κ1) is 17.2. The number of aromatic nitrogens is 3. The van der Waals surface area contributed by atoms with E-state index >= 15 is 0 Å². The molecule has 6 nitrogen and oxygen atoms in total. The Kier molecular flexibility index (Phi) is 5.48. The summed E-state index contributed by atoms with van der Waals surface area (Å²) in [4.78, 5) is 14.3. The molecule has 132 valence electrons. The van der Waals surface area contributed by atoms with Crippen molar-refractivity contribution in [3.8, 4) is 5.75 Å². The number of methoxy groups -OCH3 is 1. The average molecular weight is 340 g/mol. The van der Waals surface area contributed by atoms with Crippen LogP contribution in [0.25, 0.3) is 6.08 Å². The Morgan fingerprint density at radius 2 is 2.16 bits per heavy atom. The second-order valence-corrected chi connectivity index (χ2v) is 6.18. The monoisotopic (exact) mass is 340 g/mol. The van der Waals surface area contributed by atoms with Gasteiger partial charge in [0.25, 0.3) is 0 Å². The van der Waals surface area contributed by atoms with E-state index in [-0.39, 0.29) is 5.91 Å². The highest BCUT2D eigenvalue weighted by Gasteiger charge is 2.25. The maximum Gasteiger partial charge on any atom is 0.246 e. The smallest absolute Gasteiger partial charge is 0.246 e. The molecule has 0 saturated carbocycles. The van der Waals surface area contributed by atoms with E-state index in [1.165, 1.54) is 0 Å². The molecule has 1 aromatic carbocycles. The molecule has 1 aliphatic rings. The molecule has 1 aliphatic heterocycles. The van der Waals surface area contributed by atoms with Crippen LogP contribution in [0.15, 0.2) is 36.7 Å². The molecule has 0 unspecified atom stereocenters. The van der Waals surface area contributed by atoms with Crippen molar-refractivity contribution in [2.75, 3.05) is 20.2 Å².